The molecule has 1 aromatic rings. The zero-order valence-corrected chi connectivity index (χ0v) is 11.7. The second kappa shape index (κ2) is 5.63. The van der Waals surface area contributed by atoms with Gasteiger partial charge in [0.1, 0.15) is 5.38 Å². The van der Waals surface area contributed by atoms with Crippen molar-refractivity contribution in [2.75, 3.05) is 13.1 Å². The van der Waals surface area contributed by atoms with Crippen molar-refractivity contribution >= 4 is 17.5 Å². The Morgan fingerprint density at radius 3 is 2.80 bits per heavy atom. The lowest BCUT2D eigenvalue weighted by molar-refractivity contribution is -0.142. The third-order valence-corrected chi connectivity index (χ3v) is 3.51. The quantitative estimate of drug-likeness (QED) is 0.788. The molecule has 112 valence electrons. The normalized spacial score (nSPS) is 21.9. The summed E-state index contributed by atoms with van der Waals surface area (Å²) in [5, 5.41) is 2.94. The fourth-order valence-electron chi connectivity index (χ4n) is 2.32. The number of aromatic nitrogens is 2. The average molecular weight is 310 g/mol. The van der Waals surface area contributed by atoms with Crippen molar-refractivity contribution in [1.82, 2.24) is 14.7 Å². The number of alkyl halides is 4. The SMILES string of the molecule is CC(Cl)C(=O)N1CCCC(n2ccc(C(F)(F)F)n2)C1. The van der Waals surface area contributed by atoms with Gasteiger partial charge in [-0.3, -0.25) is 9.48 Å². The zero-order valence-electron chi connectivity index (χ0n) is 10.9. The van der Waals surface area contributed by atoms with E-state index in [1.165, 1.54) is 10.9 Å². The molecule has 1 amide bonds. The Hall–Kier alpha value is -1.24. The average Bonchev–Trinajstić information content (AvgIpc) is 2.87. The molecule has 0 saturated carbocycles. The lowest BCUT2D eigenvalue weighted by Crippen LogP contribution is -2.43. The van der Waals surface area contributed by atoms with E-state index in [9.17, 15) is 18.0 Å². The molecule has 1 aliphatic rings. The van der Waals surface area contributed by atoms with Gasteiger partial charge in [0.05, 0.1) is 6.04 Å². The Balaban J connectivity index is 2.09. The van der Waals surface area contributed by atoms with E-state index in [2.05, 4.69) is 5.10 Å². The summed E-state index contributed by atoms with van der Waals surface area (Å²) in [6, 6.07) is 0.713. The van der Waals surface area contributed by atoms with E-state index in [1.807, 2.05) is 0 Å². The number of carbonyl (C=O) groups is 1. The number of carbonyl (C=O) groups excluding carboxylic acids is 1. The molecule has 1 aliphatic heterocycles. The number of hydrogen-bond acceptors (Lipinski definition) is 2. The molecule has 2 atom stereocenters. The van der Waals surface area contributed by atoms with E-state index in [1.54, 1.807) is 11.8 Å². The highest BCUT2D eigenvalue weighted by Crippen LogP contribution is 2.29. The first-order valence-corrected chi connectivity index (χ1v) is 6.78. The summed E-state index contributed by atoms with van der Waals surface area (Å²) < 4.78 is 38.9. The number of halogens is 4. The minimum atomic E-state index is -4.44. The van der Waals surface area contributed by atoms with Crippen LogP contribution in [0.5, 0.6) is 0 Å². The van der Waals surface area contributed by atoms with Crippen LogP contribution in [0.4, 0.5) is 13.2 Å². The fourth-order valence-corrected chi connectivity index (χ4v) is 2.45. The molecule has 2 rings (SSSR count). The molecule has 8 heteroatoms. The lowest BCUT2D eigenvalue weighted by Gasteiger charge is -2.33. The van der Waals surface area contributed by atoms with Crippen molar-refractivity contribution in [3.8, 4) is 0 Å². The number of rotatable bonds is 2. The monoisotopic (exact) mass is 309 g/mol. The second-order valence-electron chi connectivity index (χ2n) is 4.88. The van der Waals surface area contributed by atoms with Crippen molar-refractivity contribution in [1.29, 1.82) is 0 Å². The van der Waals surface area contributed by atoms with Crippen molar-refractivity contribution in [2.24, 2.45) is 0 Å². The van der Waals surface area contributed by atoms with Crippen LogP contribution >= 0.6 is 11.6 Å². The molecule has 2 heterocycles. The molecule has 0 bridgehead atoms. The first-order chi connectivity index (χ1) is 9.29. The third-order valence-electron chi connectivity index (χ3n) is 3.32. The summed E-state index contributed by atoms with van der Waals surface area (Å²) in [5.41, 5.74) is -0.910. The number of likely N-dealkylation sites (tertiary alicyclic amines) is 1. The van der Waals surface area contributed by atoms with Crippen LogP contribution in [0.2, 0.25) is 0 Å². The standard InChI is InChI=1S/C12H15ClF3N3O/c1-8(13)11(20)18-5-2-3-9(7-18)19-6-4-10(17-19)12(14,15)16/h4,6,8-9H,2-3,5,7H2,1H3. The molecule has 0 spiro atoms. The van der Waals surface area contributed by atoms with Gasteiger partial charge in [-0.1, -0.05) is 0 Å². The molecule has 0 aliphatic carbocycles. The highest BCUT2D eigenvalue weighted by Gasteiger charge is 2.35. The van der Waals surface area contributed by atoms with Crippen LogP contribution in [0.25, 0.3) is 0 Å². The summed E-state index contributed by atoms with van der Waals surface area (Å²) >= 11 is 5.76. The smallest absolute Gasteiger partial charge is 0.339 e. The van der Waals surface area contributed by atoms with Crippen LogP contribution in [0.3, 0.4) is 0 Å². The van der Waals surface area contributed by atoms with Gasteiger partial charge in [-0.25, -0.2) is 0 Å². The highest BCUT2D eigenvalue weighted by molar-refractivity contribution is 6.30. The second-order valence-corrected chi connectivity index (χ2v) is 5.53. The summed E-state index contributed by atoms with van der Waals surface area (Å²) in [7, 11) is 0. The van der Waals surface area contributed by atoms with E-state index >= 15 is 0 Å². The van der Waals surface area contributed by atoms with Crippen molar-refractivity contribution < 1.29 is 18.0 Å². The molecule has 20 heavy (non-hydrogen) atoms. The summed E-state index contributed by atoms with van der Waals surface area (Å²) in [4.78, 5) is 13.4. The van der Waals surface area contributed by atoms with Crippen molar-refractivity contribution in [2.45, 2.75) is 37.4 Å². The van der Waals surface area contributed by atoms with Gasteiger partial charge in [0, 0.05) is 19.3 Å². The van der Waals surface area contributed by atoms with E-state index in [0.29, 0.717) is 19.5 Å². The van der Waals surface area contributed by atoms with Crippen LogP contribution in [0, 0.1) is 0 Å². The molecule has 0 aromatic carbocycles. The minimum absolute atomic E-state index is 0.195. The highest BCUT2D eigenvalue weighted by atomic mass is 35.5. The van der Waals surface area contributed by atoms with Gasteiger partial charge in [0.25, 0.3) is 0 Å². The minimum Gasteiger partial charge on any atom is -0.339 e. The number of nitrogens with zero attached hydrogens (tertiary/aromatic N) is 3. The van der Waals surface area contributed by atoms with Gasteiger partial charge < -0.3 is 4.90 Å². The Bertz CT molecular complexity index is 487. The molecule has 0 N–H and O–H groups in total. The molecule has 1 fully saturated rings. The lowest BCUT2D eigenvalue weighted by atomic mass is 10.1. The molecular weight excluding hydrogens is 295 g/mol. The van der Waals surface area contributed by atoms with Crippen LogP contribution in [-0.2, 0) is 11.0 Å². The summed E-state index contributed by atoms with van der Waals surface area (Å²) in [6.45, 7) is 2.51. The molecule has 1 saturated heterocycles. The van der Waals surface area contributed by atoms with Gasteiger partial charge in [0.2, 0.25) is 5.91 Å². The Kier molecular flexibility index (Phi) is 4.27. The Morgan fingerprint density at radius 2 is 2.25 bits per heavy atom. The molecule has 2 unspecified atom stereocenters. The van der Waals surface area contributed by atoms with Crippen LogP contribution in [0.1, 0.15) is 31.5 Å². The number of hydrogen-bond donors (Lipinski definition) is 0. The predicted octanol–water partition coefficient (Wildman–Crippen LogP) is 2.69. The molecule has 4 nitrogen and oxygen atoms in total. The Morgan fingerprint density at radius 1 is 1.55 bits per heavy atom. The molecule has 1 aromatic heterocycles. The van der Waals surface area contributed by atoms with Gasteiger partial charge >= 0.3 is 6.18 Å². The molecule has 0 radical (unpaired) electrons. The van der Waals surface area contributed by atoms with Gasteiger partial charge in [-0.05, 0) is 25.8 Å². The molecular formula is C12H15ClF3N3O. The topological polar surface area (TPSA) is 38.1 Å². The fraction of sp³-hybridized carbons (Fsp3) is 0.667. The van der Waals surface area contributed by atoms with E-state index in [4.69, 9.17) is 11.6 Å². The summed E-state index contributed by atoms with van der Waals surface area (Å²) in [5.74, 6) is -0.195. The maximum Gasteiger partial charge on any atom is 0.435 e. The third kappa shape index (κ3) is 3.26. The van der Waals surface area contributed by atoms with Gasteiger partial charge in [-0.15, -0.1) is 11.6 Å². The van der Waals surface area contributed by atoms with E-state index in [0.717, 1.165) is 12.5 Å². The van der Waals surface area contributed by atoms with E-state index in [-0.39, 0.29) is 11.9 Å². The van der Waals surface area contributed by atoms with Crippen molar-refractivity contribution in [3.05, 3.63) is 18.0 Å². The first-order valence-electron chi connectivity index (χ1n) is 6.34. The number of piperidine rings is 1. The summed E-state index contributed by atoms with van der Waals surface area (Å²) in [6.07, 6.45) is -1.72. The van der Waals surface area contributed by atoms with Crippen LogP contribution < -0.4 is 0 Å². The first kappa shape index (κ1) is 15.2. The van der Waals surface area contributed by atoms with Crippen LogP contribution in [-0.4, -0.2) is 39.1 Å². The van der Waals surface area contributed by atoms with Crippen molar-refractivity contribution in [3.63, 3.8) is 0 Å². The predicted molar refractivity (Wildman–Crippen MR) is 67.4 cm³/mol. The largest absolute Gasteiger partial charge is 0.435 e. The van der Waals surface area contributed by atoms with Gasteiger partial charge in [-0.2, -0.15) is 18.3 Å². The maximum absolute atomic E-state index is 12.5. The zero-order chi connectivity index (χ0) is 14.9. The number of amides is 1. The maximum atomic E-state index is 12.5. The van der Waals surface area contributed by atoms with E-state index < -0.39 is 17.2 Å². The van der Waals surface area contributed by atoms with Crippen LogP contribution in [0.15, 0.2) is 12.3 Å². The Labute approximate surface area is 119 Å². The van der Waals surface area contributed by atoms with Gasteiger partial charge in [0.15, 0.2) is 5.69 Å².